The quantitative estimate of drug-likeness (QED) is 0.591. The molecule has 3 aromatic rings. The Bertz CT molecular complexity index is 1340. The summed E-state index contributed by atoms with van der Waals surface area (Å²) in [6.45, 7) is 2.92. The minimum atomic E-state index is -3.70. The normalized spacial score (nSPS) is 17.9. The molecule has 0 spiro atoms. The number of rotatable bonds is 3. The van der Waals surface area contributed by atoms with Crippen LogP contribution in [0.5, 0.6) is 0 Å². The number of likely N-dealkylation sites (N-methyl/N-ethyl adjacent to an activating group) is 1. The number of H-pyrrole nitrogens is 1. The summed E-state index contributed by atoms with van der Waals surface area (Å²) in [5.41, 5.74) is 2.43. The fraction of sp³-hybridized carbons (Fsp3) is 0.364. The number of aromatic nitrogens is 2. The monoisotopic (exact) mass is 469 g/mol. The summed E-state index contributed by atoms with van der Waals surface area (Å²) in [6, 6.07) is 6.95. The molecule has 166 valence electrons. The molecular weight excluding hydrogens is 446 g/mol. The number of sulfonamides is 1. The number of aromatic amines is 1. The minimum absolute atomic E-state index is 0.114. The van der Waals surface area contributed by atoms with Gasteiger partial charge in [0, 0.05) is 67.0 Å². The van der Waals surface area contributed by atoms with Crippen LogP contribution in [0.25, 0.3) is 10.9 Å². The molecule has 8 nitrogen and oxygen atoms in total. The van der Waals surface area contributed by atoms with Crippen molar-refractivity contribution in [3.63, 3.8) is 0 Å². The van der Waals surface area contributed by atoms with Crippen LogP contribution in [0.1, 0.15) is 25.9 Å². The molecule has 0 unspecified atom stereocenters. The van der Waals surface area contributed by atoms with Crippen molar-refractivity contribution in [3.05, 3.63) is 45.4 Å². The molecule has 1 N–H and O–H groups in total. The van der Waals surface area contributed by atoms with Gasteiger partial charge in [-0.25, -0.2) is 13.4 Å². The predicted octanol–water partition coefficient (Wildman–Crippen LogP) is 1.74. The molecule has 0 atom stereocenters. The summed E-state index contributed by atoms with van der Waals surface area (Å²) in [6.07, 6.45) is 6.30. The van der Waals surface area contributed by atoms with Crippen LogP contribution in [0.15, 0.2) is 29.3 Å². The highest BCUT2D eigenvalue weighted by Crippen LogP contribution is 2.27. The standard InChI is InChI=1S/C22H23N5O3S2/c1-3-15-4-5-17-16(12-15)13-20(23-17)32(29,30)27-10-8-26(9-11-27)22(28)21-24-18-6-7-25(2)14-19(18)31-21/h1,4-5,12-13,23H,6-11,14H2,2H3. The molecule has 0 bridgehead atoms. The Balaban J connectivity index is 1.29. The van der Waals surface area contributed by atoms with Crippen molar-refractivity contribution in [2.24, 2.45) is 0 Å². The minimum Gasteiger partial charge on any atom is -0.345 e. The first-order valence-corrected chi connectivity index (χ1v) is 12.7. The molecule has 5 rings (SSSR count). The van der Waals surface area contributed by atoms with Crippen molar-refractivity contribution < 1.29 is 13.2 Å². The van der Waals surface area contributed by atoms with Crippen LogP contribution < -0.4 is 0 Å². The summed E-state index contributed by atoms with van der Waals surface area (Å²) in [4.78, 5) is 25.6. The highest BCUT2D eigenvalue weighted by atomic mass is 32.2. The number of fused-ring (bicyclic) bond motifs is 2. The Kier molecular flexibility index (Phi) is 5.29. The average molecular weight is 470 g/mol. The van der Waals surface area contributed by atoms with Crippen molar-refractivity contribution in [3.8, 4) is 12.3 Å². The Morgan fingerprint density at radius 3 is 2.72 bits per heavy atom. The van der Waals surface area contributed by atoms with Crippen molar-refractivity contribution >= 4 is 38.2 Å². The van der Waals surface area contributed by atoms with Crippen LogP contribution in [0.2, 0.25) is 0 Å². The fourth-order valence-electron chi connectivity index (χ4n) is 4.16. The van der Waals surface area contributed by atoms with Crippen LogP contribution in [0.4, 0.5) is 0 Å². The smallest absolute Gasteiger partial charge is 0.282 e. The van der Waals surface area contributed by atoms with Crippen LogP contribution in [0, 0.1) is 12.3 Å². The first-order chi connectivity index (χ1) is 15.3. The molecule has 0 aliphatic carbocycles. The molecule has 10 heteroatoms. The Hall–Kier alpha value is -2.71. The van der Waals surface area contributed by atoms with Gasteiger partial charge < -0.3 is 14.8 Å². The van der Waals surface area contributed by atoms with Gasteiger partial charge in [0.25, 0.3) is 15.9 Å². The van der Waals surface area contributed by atoms with E-state index in [4.69, 9.17) is 6.42 Å². The fourth-order valence-corrected chi connectivity index (χ4v) is 6.75. The molecule has 2 aromatic heterocycles. The summed E-state index contributed by atoms with van der Waals surface area (Å²) >= 11 is 1.45. The van der Waals surface area contributed by atoms with E-state index in [9.17, 15) is 13.2 Å². The number of piperazine rings is 1. The lowest BCUT2D eigenvalue weighted by Gasteiger charge is -2.33. The maximum Gasteiger partial charge on any atom is 0.282 e. The van der Waals surface area contributed by atoms with Crippen molar-refractivity contribution in [1.29, 1.82) is 0 Å². The van der Waals surface area contributed by atoms with Crippen molar-refractivity contribution in [2.75, 3.05) is 39.8 Å². The first kappa shape index (κ1) is 21.2. The van der Waals surface area contributed by atoms with Gasteiger partial charge in [0.15, 0.2) is 5.01 Å². The number of carbonyl (C=O) groups excluding carboxylic acids is 1. The maximum absolute atomic E-state index is 13.2. The molecule has 2 aliphatic heterocycles. The molecule has 1 saturated heterocycles. The van der Waals surface area contributed by atoms with E-state index in [1.54, 1.807) is 29.2 Å². The second-order valence-corrected chi connectivity index (χ2v) is 11.1. The number of amides is 1. The third kappa shape index (κ3) is 3.71. The molecule has 4 heterocycles. The van der Waals surface area contributed by atoms with E-state index in [0.29, 0.717) is 23.7 Å². The number of benzene rings is 1. The number of terminal acetylenes is 1. The highest BCUT2D eigenvalue weighted by Gasteiger charge is 2.33. The SMILES string of the molecule is C#Cc1ccc2[nH]c(S(=O)(=O)N3CCN(C(=O)c4nc5c(s4)CN(C)CC5)CC3)cc2c1. The Morgan fingerprint density at radius 2 is 1.97 bits per heavy atom. The second kappa shape index (κ2) is 8.01. The summed E-state index contributed by atoms with van der Waals surface area (Å²) in [5, 5.41) is 1.39. The zero-order chi connectivity index (χ0) is 22.5. The average Bonchev–Trinajstić information content (AvgIpc) is 3.42. The van der Waals surface area contributed by atoms with Gasteiger partial charge in [0.2, 0.25) is 0 Å². The first-order valence-electron chi connectivity index (χ1n) is 10.4. The number of hydrogen-bond acceptors (Lipinski definition) is 6. The largest absolute Gasteiger partial charge is 0.345 e. The molecule has 0 saturated carbocycles. The van der Waals surface area contributed by atoms with Gasteiger partial charge in [-0.05, 0) is 31.3 Å². The van der Waals surface area contributed by atoms with Gasteiger partial charge in [-0.2, -0.15) is 4.31 Å². The lowest BCUT2D eigenvalue weighted by atomic mass is 10.2. The predicted molar refractivity (Wildman–Crippen MR) is 123 cm³/mol. The Labute approximate surface area is 190 Å². The second-order valence-electron chi connectivity index (χ2n) is 8.15. The van der Waals surface area contributed by atoms with Crippen LogP contribution in [-0.2, 0) is 23.0 Å². The zero-order valence-corrected chi connectivity index (χ0v) is 19.3. The van der Waals surface area contributed by atoms with Gasteiger partial charge in [-0.15, -0.1) is 17.8 Å². The lowest BCUT2D eigenvalue weighted by molar-refractivity contribution is 0.0697. The van der Waals surface area contributed by atoms with Gasteiger partial charge in [0.05, 0.1) is 5.69 Å². The third-order valence-corrected chi connectivity index (χ3v) is 8.90. The van der Waals surface area contributed by atoms with Crippen LogP contribution in [0.3, 0.4) is 0 Å². The maximum atomic E-state index is 13.2. The molecule has 1 amide bonds. The van der Waals surface area contributed by atoms with Crippen LogP contribution >= 0.6 is 11.3 Å². The van der Waals surface area contributed by atoms with E-state index in [-0.39, 0.29) is 24.0 Å². The number of thiazole rings is 1. The zero-order valence-electron chi connectivity index (χ0n) is 17.7. The lowest BCUT2D eigenvalue weighted by Crippen LogP contribution is -2.50. The Morgan fingerprint density at radius 1 is 1.19 bits per heavy atom. The molecule has 32 heavy (non-hydrogen) atoms. The van der Waals surface area contributed by atoms with E-state index in [2.05, 4.69) is 27.8 Å². The molecule has 1 fully saturated rings. The number of carbonyl (C=O) groups is 1. The van der Waals surface area contributed by atoms with E-state index >= 15 is 0 Å². The number of nitrogens with one attached hydrogen (secondary N) is 1. The van der Waals surface area contributed by atoms with Crippen molar-refractivity contribution in [1.82, 2.24) is 24.1 Å². The van der Waals surface area contributed by atoms with Crippen LogP contribution in [-0.4, -0.2) is 78.2 Å². The van der Waals surface area contributed by atoms with Crippen molar-refractivity contribution in [2.45, 2.75) is 18.0 Å². The number of hydrogen-bond donors (Lipinski definition) is 1. The van der Waals surface area contributed by atoms with E-state index in [1.807, 2.05) is 0 Å². The van der Waals surface area contributed by atoms with Gasteiger partial charge in [0.1, 0.15) is 5.03 Å². The van der Waals surface area contributed by atoms with Gasteiger partial charge in [-0.3, -0.25) is 4.79 Å². The number of nitrogens with zero attached hydrogens (tertiary/aromatic N) is 4. The summed E-state index contributed by atoms with van der Waals surface area (Å²) in [5.74, 6) is 2.45. The van der Waals surface area contributed by atoms with E-state index < -0.39 is 10.0 Å². The molecule has 1 aromatic carbocycles. The van der Waals surface area contributed by atoms with E-state index in [0.717, 1.165) is 41.0 Å². The summed E-state index contributed by atoms with van der Waals surface area (Å²) in [7, 11) is -1.64. The van der Waals surface area contributed by atoms with E-state index in [1.165, 1.54) is 15.6 Å². The summed E-state index contributed by atoms with van der Waals surface area (Å²) < 4.78 is 27.7. The van der Waals surface area contributed by atoms with Gasteiger partial charge in [-0.1, -0.05) is 5.92 Å². The van der Waals surface area contributed by atoms with Gasteiger partial charge >= 0.3 is 0 Å². The molecular formula is C22H23N5O3S2. The molecule has 2 aliphatic rings. The topological polar surface area (TPSA) is 89.6 Å². The molecule has 0 radical (unpaired) electrons. The highest BCUT2D eigenvalue weighted by molar-refractivity contribution is 7.89. The third-order valence-electron chi connectivity index (χ3n) is 6.01.